The molecule has 2 aliphatic heterocycles. The molecule has 288 valence electrons. The van der Waals surface area contributed by atoms with Gasteiger partial charge in [-0.2, -0.15) is 26.3 Å². The number of rotatable bonds is 4. The third kappa shape index (κ3) is 8.09. The van der Waals surface area contributed by atoms with Crippen molar-refractivity contribution in [2.24, 2.45) is 14.1 Å². The number of carbonyl (C=O) groups is 2. The van der Waals surface area contributed by atoms with Gasteiger partial charge in [0.1, 0.15) is 0 Å². The number of imidazole rings is 2. The van der Waals surface area contributed by atoms with Gasteiger partial charge >= 0.3 is 12.4 Å². The first-order valence-corrected chi connectivity index (χ1v) is 17.8. The zero-order chi connectivity index (χ0) is 39.8. The van der Waals surface area contributed by atoms with Crippen molar-refractivity contribution in [2.75, 3.05) is 13.1 Å². The lowest BCUT2D eigenvalue weighted by Crippen LogP contribution is -2.37. The minimum absolute atomic E-state index is 0.127. The number of aryl methyl sites for hydroxylation is 2. The maximum Gasteiger partial charge on any atom is 0.416 e. The summed E-state index contributed by atoms with van der Waals surface area (Å²) in [6.07, 6.45) is -0.582. The maximum absolute atomic E-state index is 12.8. The highest BCUT2D eigenvalue weighted by Crippen LogP contribution is 2.34. The minimum atomic E-state index is -4.35. The van der Waals surface area contributed by atoms with E-state index in [1.54, 1.807) is 57.8 Å². The van der Waals surface area contributed by atoms with Crippen LogP contribution in [0.5, 0.6) is 0 Å². The molecule has 14 heteroatoms. The van der Waals surface area contributed by atoms with Crippen molar-refractivity contribution in [1.82, 2.24) is 28.9 Å². The van der Waals surface area contributed by atoms with E-state index in [-0.39, 0.29) is 11.8 Å². The monoisotopic (exact) mass is 770 g/mol. The molecule has 4 heterocycles. The number of fused-ring (bicyclic) bond motifs is 2. The molecule has 0 unspecified atom stereocenters. The van der Waals surface area contributed by atoms with Crippen LogP contribution in [0.4, 0.5) is 26.3 Å². The molecule has 0 spiro atoms. The highest BCUT2D eigenvalue weighted by atomic mass is 19.4. The second-order valence-electron chi connectivity index (χ2n) is 13.8. The quantitative estimate of drug-likeness (QED) is 0.168. The number of hydrogen-bond acceptors (Lipinski definition) is 4. The zero-order valence-electron chi connectivity index (χ0n) is 30.4. The summed E-state index contributed by atoms with van der Waals surface area (Å²) < 4.78 is 80.0. The molecule has 2 aliphatic rings. The summed E-state index contributed by atoms with van der Waals surface area (Å²) in [7, 11) is 3.56. The van der Waals surface area contributed by atoms with Gasteiger partial charge < -0.3 is 18.9 Å². The van der Waals surface area contributed by atoms with Crippen molar-refractivity contribution in [3.8, 4) is 22.3 Å². The zero-order valence-corrected chi connectivity index (χ0v) is 30.4. The lowest BCUT2D eigenvalue weighted by Gasteiger charge is -2.29. The van der Waals surface area contributed by atoms with Crippen LogP contribution in [-0.4, -0.2) is 53.8 Å². The molecule has 0 bridgehead atoms. The molecule has 0 saturated carbocycles. The highest BCUT2D eigenvalue weighted by molar-refractivity contribution is 5.91. The van der Waals surface area contributed by atoms with Crippen molar-refractivity contribution in [2.45, 2.75) is 38.3 Å². The SMILES string of the molecule is Cn1ccnc1C(=O)N1CCc2ccc(-c3ccc(C(F)(F)F)cc3)cc2C1.Cn1ccnc1C(=O)N1CCc2ccc(-c3ccc(C(F)(F)F)cc3)cc2C1. The smallest absolute Gasteiger partial charge is 0.331 e. The highest BCUT2D eigenvalue weighted by Gasteiger charge is 2.31. The van der Waals surface area contributed by atoms with E-state index < -0.39 is 23.5 Å². The Bertz CT molecular complexity index is 2210. The Morgan fingerprint density at radius 2 is 0.875 bits per heavy atom. The van der Waals surface area contributed by atoms with Gasteiger partial charge in [-0.1, -0.05) is 48.5 Å². The molecule has 0 N–H and O–H groups in total. The van der Waals surface area contributed by atoms with Gasteiger partial charge in [-0.05, 0) is 93.7 Å². The number of benzene rings is 4. The number of halogens is 6. The van der Waals surface area contributed by atoms with E-state index in [9.17, 15) is 35.9 Å². The fraction of sp³-hybridized carbons (Fsp3) is 0.238. The summed E-state index contributed by atoms with van der Waals surface area (Å²) in [5.41, 5.74) is 6.07. The maximum atomic E-state index is 12.8. The number of aromatic nitrogens is 4. The van der Waals surface area contributed by atoms with Crippen LogP contribution >= 0.6 is 0 Å². The van der Waals surface area contributed by atoms with Crippen LogP contribution in [0.1, 0.15) is 54.6 Å². The number of nitrogens with zero attached hydrogens (tertiary/aromatic N) is 6. The second kappa shape index (κ2) is 15.2. The molecule has 6 aromatic rings. The first kappa shape index (κ1) is 38.1. The lowest BCUT2D eigenvalue weighted by atomic mass is 9.94. The largest absolute Gasteiger partial charge is 0.416 e. The summed E-state index contributed by atoms with van der Waals surface area (Å²) in [5.74, 6) is 0.529. The van der Waals surface area contributed by atoms with Gasteiger partial charge in [0.15, 0.2) is 11.6 Å². The van der Waals surface area contributed by atoms with Gasteiger partial charge in [-0.3, -0.25) is 9.59 Å². The van der Waals surface area contributed by atoms with Gasteiger partial charge in [0.2, 0.25) is 0 Å². The van der Waals surface area contributed by atoms with Crippen molar-refractivity contribution < 1.29 is 35.9 Å². The van der Waals surface area contributed by atoms with Gasteiger partial charge in [0.05, 0.1) is 11.1 Å². The number of carbonyl (C=O) groups excluding carboxylic acids is 2. The van der Waals surface area contributed by atoms with E-state index in [2.05, 4.69) is 9.97 Å². The van der Waals surface area contributed by atoms with Gasteiger partial charge in [-0.15, -0.1) is 0 Å². The Balaban J connectivity index is 0.000000172. The van der Waals surface area contributed by atoms with Crippen LogP contribution in [0.3, 0.4) is 0 Å². The first-order valence-electron chi connectivity index (χ1n) is 17.8. The van der Waals surface area contributed by atoms with E-state index in [0.29, 0.717) is 49.0 Å². The molecule has 8 rings (SSSR count). The Kier molecular flexibility index (Phi) is 10.3. The fourth-order valence-electron chi connectivity index (χ4n) is 6.95. The van der Waals surface area contributed by atoms with Gasteiger partial charge in [0.25, 0.3) is 11.8 Å². The molecule has 4 aromatic carbocycles. The summed E-state index contributed by atoms with van der Waals surface area (Å²) in [4.78, 5) is 37.2. The van der Waals surface area contributed by atoms with Crippen LogP contribution in [0.2, 0.25) is 0 Å². The molecule has 2 amide bonds. The van der Waals surface area contributed by atoms with E-state index in [1.807, 2.05) is 36.4 Å². The summed E-state index contributed by atoms with van der Waals surface area (Å²) in [5, 5.41) is 0. The predicted molar refractivity (Wildman–Crippen MR) is 197 cm³/mol. The Labute approximate surface area is 318 Å². The number of amides is 2. The first-order chi connectivity index (χ1) is 26.7. The van der Waals surface area contributed by atoms with Crippen molar-refractivity contribution >= 4 is 11.8 Å². The normalized spacial score (nSPS) is 14.1. The molecule has 2 aromatic heterocycles. The second-order valence-corrected chi connectivity index (χ2v) is 13.8. The summed E-state index contributed by atoms with van der Waals surface area (Å²) in [6.45, 7) is 2.13. The Morgan fingerprint density at radius 3 is 1.20 bits per heavy atom. The van der Waals surface area contributed by atoms with E-state index in [4.69, 9.17) is 0 Å². The van der Waals surface area contributed by atoms with Crippen LogP contribution in [0, 0.1) is 0 Å². The minimum Gasteiger partial charge on any atom is -0.331 e. The van der Waals surface area contributed by atoms with E-state index in [1.165, 1.54) is 24.3 Å². The standard InChI is InChI=1S/2C21H18F3N3O/c2*1-26-11-9-25-19(26)20(28)27-10-8-15-2-3-16(12-17(15)13-27)14-4-6-18(7-5-14)21(22,23)24/h2*2-7,9,11-12H,8,10,13H2,1H3. The average Bonchev–Trinajstić information content (AvgIpc) is 3.83. The van der Waals surface area contributed by atoms with E-state index in [0.717, 1.165) is 70.5 Å². The third-order valence-electron chi connectivity index (χ3n) is 10.1. The van der Waals surface area contributed by atoms with Crippen molar-refractivity contribution in [3.05, 3.63) is 155 Å². The third-order valence-corrected chi connectivity index (χ3v) is 10.1. The van der Waals surface area contributed by atoms with Gasteiger partial charge in [-0.25, -0.2) is 9.97 Å². The summed E-state index contributed by atoms with van der Waals surface area (Å²) in [6, 6.07) is 22.0. The molecule has 0 aliphatic carbocycles. The Hall–Kier alpha value is -6.18. The van der Waals surface area contributed by atoms with Crippen LogP contribution in [0.15, 0.2) is 110 Å². The van der Waals surface area contributed by atoms with Crippen LogP contribution < -0.4 is 0 Å². The van der Waals surface area contributed by atoms with Crippen LogP contribution in [0.25, 0.3) is 22.3 Å². The molecule has 0 saturated heterocycles. The van der Waals surface area contributed by atoms with Crippen molar-refractivity contribution in [1.29, 1.82) is 0 Å². The average molecular weight is 771 g/mol. The topological polar surface area (TPSA) is 76.3 Å². The fourth-order valence-corrected chi connectivity index (χ4v) is 6.95. The molecular weight excluding hydrogens is 734 g/mol. The Morgan fingerprint density at radius 1 is 0.518 bits per heavy atom. The van der Waals surface area contributed by atoms with Crippen LogP contribution in [-0.2, 0) is 52.4 Å². The van der Waals surface area contributed by atoms with E-state index >= 15 is 0 Å². The van der Waals surface area contributed by atoms with Gasteiger partial charge in [0, 0.05) is 65.1 Å². The molecule has 56 heavy (non-hydrogen) atoms. The predicted octanol–water partition coefficient (Wildman–Crippen LogP) is 8.61. The number of hydrogen-bond donors (Lipinski definition) is 0. The molecule has 0 atom stereocenters. The molecule has 8 nitrogen and oxygen atoms in total. The summed E-state index contributed by atoms with van der Waals surface area (Å²) >= 11 is 0. The molecule has 0 radical (unpaired) electrons. The number of alkyl halides is 6. The van der Waals surface area contributed by atoms with Crippen molar-refractivity contribution in [3.63, 3.8) is 0 Å². The molecular formula is C42H36F6N6O2. The molecule has 0 fully saturated rings. The lowest BCUT2D eigenvalue weighted by molar-refractivity contribution is -0.138.